The van der Waals surface area contributed by atoms with Crippen LogP contribution in [-0.2, 0) is 6.18 Å². The summed E-state index contributed by atoms with van der Waals surface area (Å²) in [7, 11) is 0. The van der Waals surface area contributed by atoms with Gasteiger partial charge in [0.15, 0.2) is 0 Å². The van der Waals surface area contributed by atoms with Crippen molar-refractivity contribution in [3.8, 4) is 5.75 Å². The Kier molecular flexibility index (Phi) is 8.92. The van der Waals surface area contributed by atoms with Crippen LogP contribution in [0.5, 0.6) is 5.75 Å². The van der Waals surface area contributed by atoms with E-state index in [1.807, 2.05) is 6.92 Å². The number of hydrogen-bond donors (Lipinski definition) is 3. The smallest absolute Gasteiger partial charge is 0.405 e. The first kappa shape index (κ1) is 29.0. The molecule has 0 spiro atoms. The van der Waals surface area contributed by atoms with Crippen molar-refractivity contribution in [2.45, 2.75) is 95.4 Å². The number of halogens is 6. The lowest BCUT2D eigenvalue weighted by Crippen LogP contribution is -2.46. The Labute approximate surface area is 222 Å². The molecule has 2 fully saturated rings. The summed E-state index contributed by atoms with van der Waals surface area (Å²) < 4.78 is 84.1. The molecule has 0 radical (unpaired) electrons. The van der Waals surface area contributed by atoms with Gasteiger partial charge >= 0.3 is 12.5 Å². The molecule has 1 aromatic carbocycles. The average molecular weight is 562 g/mol. The number of benzene rings is 1. The molecule has 1 saturated carbocycles. The number of anilines is 4. The number of ether oxygens (including phenoxy) is 1. The van der Waals surface area contributed by atoms with E-state index in [0.29, 0.717) is 18.6 Å². The van der Waals surface area contributed by atoms with Crippen molar-refractivity contribution in [1.82, 2.24) is 20.3 Å². The fraction of sp³-hybridized carbons (Fsp3) is 0.640. The van der Waals surface area contributed by atoms with Crippen LogP contribution >= 0.6 is 0 Å². The number of nitrogens with one attached hydrogen (secondary N) is 2. The van der Waals surface area contributed by atoms with E-state index >= 15 is 0 Å². The molecule has 2 aromatic rings. The summed E-state index contributed by atoms with van der Waals surface area (Å²) in [6, 6.07) is 2.03. The van der Waals surface area contributed by atoms with Crippen LogP contribution < -0.4 is 26.0 Å². The van der Waals surface area contributed by atoms with Crippen molar-refractivity contribution in [3.63, 3.8) is 0 Å². The minimum Gasteiger partial charge on any atom is -0.405 e. The van der Waals surface area contributed by atoms with E-state index in [9.17, 15) is 26.3 Å². The molecule has 2 aliphatic rings. The van der Waals surface area contributed by atoms with Gasteiger partial charge in [-0.2, -0.15) is 28.1 Å². The third-order valence-electron chi connectivity index (χ3n) is 7.13. The number of nitrogens with two attached hydrogens (primary N) is 1. The largest absolute Gasteiger partial charge is 0.573 e. The first-order valence-electron chi connectivity index (χ1n) is 13.2. The van der Waals surface area contributed by atoms with Gasteiger partial charge in [0.1, 0.15) is 5.75 Å². The van der Waals surface area contributed by atoms with E-state index in [4.69, 9.17) is 5.73 Å². The number of nitrogens with zero attached hydrogens (tertiary/aromatic N) is 4. The van der Waals surface area contributed by atoms with Crippen LogP contribution in [0.15, 0.2) is 18.2 Å². The zero-order valence-corrected chi connectivity index (χ0v) is 21.6. The van der Waals surface area contributed by atoms with Crippen molar-refractivity contribution in [2.24, 2.45) is 0 Å². The second-order valence-corrected chi connectivity index (χ2v) is 9.92. The molecule has 14 heteroatoms. The summed E-state index contributed by atoms with van der Waals surface area (Å²) in [4.78, 5) is 14.5. The third-order valence-corrected chi connectivity index (χ3v) is 7.13. The summed E-state index contributed by atoms with van der Waals surface area (Å²) in [6.45, 7) is 2.60. The molecular formula is C25H33F6N7O. The zero-order valence-electron chi connectivity index (χ0n) is 21.6. The van der Waals surface area contributed by atoms with Gasteiger partial charge in [-0.15, -0.1) is 13.2 Å². The molecule has 216 valence electrons. The predicted octanol–water partition coefficient (Wildman–Crippen LogP) is 6.17. The summed E-state index contributed by atoms with van der Waals surface area (Å²) >= 11 is 0. The molecular weight excluding hydrogens is 528 g/mol. The Hall–Kier alpha value is -3.03. The second-order valence-electron chi connectivity index (χ2n) is 9.92. The van der Waals surface area contributed by atoms with Crippen molar-refractivity contribution < 1.29 is 31.1 Å². The topological polar surface area (TPSA) is 101 Å². The van der Waals surface area contributed by atoms with Gasteiger partial charge in [-0.05, 0) is 56.8 Å². The summed E-state index contributed by atoms with van der Waals surface area (Å²) in [5.41, 5.74) is 4.43. The number of alkyl halides is 6. The van der Waals surface area contributed by atoms with Crippen molar-refractivity contribution in [1.29, 1.82) is 0 Å². The number of aromatic nitrogens is 3. The van der Waals surface area contributed by atoms with Crippen molar-refractivity contribution in [3.05, 3.63) is 23.8 Å². The minimum atomic E-state index is -5.29. The summed E-state index contributed by atoms with van der Waals surface area (Å²) in [5.74, 6) is -1.24. The molecule has 2 heterocycles. The highest BCUT2D eigenvalue weighted by molar-refractivity contribution is 5.63. The number of hydrogen-bond acceptors (Lipinski definition) is 8. The fourth-order valence-electron chi connectivity index (χ4n) is 5.40. The highest BCUT2D eigenvalue weighted by atomic mass is 19.4. The Morgan fingerprint density at radius 1 is 1.03 bits per heavy atom. The molecule has 4 N–H and O–H groups in total. The molecule has 8 nitrogen and oxygen atoms in total. The van der Waals surface area contributed by atoms with E-state index in [1.54, 1.807) is 0 Å². The van der Waals surface area contributed by atoms with E-state index in [-0.39, 0.29) is 35.6 Å². The van der Waals surface area contributed by atoms with Crippen LogP contribution in [-0.4, -0.2) is 46.0 Å². The van der Waals surface area contributed by atoms with Crippen molar-refractivity contribution in [2.75, 3.05) is 22.5 Å². The van der Waals surface area contributed by atoms with Crippen LogP contribution in [0, 0.1) is 0 Å². The van der Waals surface area contributed by atoms with Gasteiger partial charge in [-0.1, -0.05) is 32.6 Å². The monoisotopic (exact) mass is 561 g/mol. The summed E-state index contributed by atoms with van der Waals surface area (Å²) in [5, 5.41) is 6.66. The van der Waals surface area contributed by atoms with Gasteiger partial charge in [0.05, 0.1) is 11.6 Å². The lowest BCUT2D eigenvalue weighted by molar-refractivity contribution is -0.276. The molecule has 4 rings (SSSR count). The van der Waals surface area contributed by atoms with Gasteiger partial charge in [-0.25, -0.2) is 0 Å². The Morgan fingerprint density at radius 2 is 1.74 bits per heavy atom. The Balaban J connectivity index is 1.79. The van der Waals surface area contributed by atoms with Crippen LogP contribution in [0.4, 0.5) is 49.9 Å². The predicted molar refractivity (Wildman–Crippen MR) is 135 cm³/mol. The maximum atomic E-state index is 13.9. The molecule has 1 saturated heterocycles. The van der Waals surface area contributed by atoms with E-state index in [1.165, 1.54) is 4.90 Å². The van der Waals surface area contributed by atoms with Crippen LogP contribution in [0.2, 0.25) is 0 Å². The van der Waals surface area contributed by atoms with Gasteiger partial charge in [0, 0.05) is 17.8 Å². The third kappa shape index (κ3) is 7.55. The summed E-state index contributed by atoms with van der Waals surface area (Å²) in [6.07, 6.45) is -2.08. The van der Waals surface area contributed by atoms with Crippen LogP contribution in [0.25, 0.3) is 0 Å². The maximum absolute atomic E-state index is 13.9. The average Bonchev–Trinajstić information content (AvgIpc) is 3.25. The number of nitrogen functional groups attached to an aromatic ring is 1. The lowest BCUT2D eigenvalue weighted by atomic mass is 10.0. The van der Waals surface area contributed by atoms with Gasteiger partial charge in [-0.3, -0.25) is 0 Å². The van der Waals surface area contributed by atoms with E-state index in [0.717, 1.165) is 64.0 Å². The Bertz CT molecular complexity index is 1100. The Morgan fingerprint density at radius 3 is 2.33 bits per heavy atom. The molecule has 39 heavy (non-hydrogen) atoms. The first-order valence-corrected chi connectivity index (χ1v) is 13.2. The highest BCUT2D eigenvalue weighted by Crippen LogP contribution is 2.42. The van der Waals surface area contributed by atoms with E-state index < -0.39 is 29.9 Å². The van der Waals surface area contributed by atoms with Crippen LogP contribution in [0.3, 0.4) is 0 Å². The normalized spacial score (nSPS) is 19.9. The minimum absolute atomic E-state index is 0.0109. The van der Waals surface area contributed by atoms with Gasteiger partial charge < -0.3 is 26.0 Å². The highest BCUT2D eigenvalue weighted by Gasteiger charge is 2.41. The standard InChI is InChI=1S/C25H33F6N7O/c1-2-19(18-10-7-13-33-18)38(16-11-12-20(39-25(29,30)31)17(14-16)24(26,27)28)23-36-21(32)35-22(37-23)34-15-8-5-3-4-6-9-15/h11-12,14-15,18-19,33H,2-10,13H2,1H3,(H3,32,34,35,36,37). The zero-order chi connectivity index (χ0) is 28.2. The van der Waals surface area contributed by atoms with E-state index in [2.05, 4.69) is 30.3 Å². The van der Waals surface area contributed by atoms with Crippen molar-refractivity contribution >= 4 is 23.5 Å². The SMILES string of the molecule is CCC(C1CCCN1)N(c1ccc(OC(F)(F)F)c(C(F)(F)F)c1)c1nc(N)nc(NC2CCCCCC2)n1. The second kappa shape index (κ2) is 12.0. The molecule has 0 bridgehead atoms. The number of rotatable bonds is 8. The quantitative estimate of drug-likeness (QED) is 0.260. The molecule has 1 aromatic heterocycles. The van der Waals surface area contributed by atoms with Gasteiger partial charge in [0.2, 0.25) is 17.8 Å². The molecule has 0 amide bonds. The van der Waals surface area contributed by atoms with Crippen LogP contribution in [0.1, 0.15) is 70.3 Å². The van der Waals surface area contributed by atoms with Gasteiger partial charge in [0.25, 0.3) is 0 Å². The molecule has 2 atom stereocenters. The maximum Gasteiger partial charge on any atom is 0.573 e. The molecule has 1 aliphatic heterocycles. The first-order chi connectivity index (χ1) is 18.4. The molecule has 2 unspecified atom stereocenters. The molecule has 1 aliphatic carbocycles. The fourth-order valence-corrected chi connectivity index (χ4v) is 5.40. The lowest BCUT2D eigenvalue weighted by Gasteiger charge is -2.36.